The van der Waals surface area contributed by atoms with Gasteiger partial charge in [-0.2, -0.15) is 4.98 Å². The standard InChI is InChI=1S/C9H9BrN6/c10-7-2-1-3-16-8(7)14-9(15-16)13-6-4-11-12-5-6/h1-4,11-12H,5H2,(H,13,15). The van der Waals surface area contributed by atoms with Gasteiger partial charge in [-0.05, 0) is 28.1 Å². The number of anilines is 1. The summed E-state index contributed by atoms with van der Waals surface area (Å²) in [5, 5.41) is 7.43. The van der Waals surface area contributed by atoms with Gasteiger partial charge in [0, 0.05) is 12.4 Å². The van der Waals surface area contributed by atoms with Crippen molar-refractivity contribution in [2.45, 2.75) is 0 Å². The molecule has 2 aromatic rings. The molecule has 0 aromatic carbocycles. The topological polar surface area (TPSA) is 66.3 Å². The Labute approximate surface area is 99.8 Å². The van der Waals surface area contributed by atoms with Crippen molar-refractivity contribution in [2.75, 3.05) is 11.9 Å². The summed E-state index contributed by atoms with van der Waals surface area (Å²) in [5.41, 5.74) is 7.65. The maximum atomic E-state index is 4.37. The number of rotatable bonds is 2. The first-order valence-electron chi connectivity index (χ1n) is 4.78. The van der Waals surface area contributed by atoms with Crippen molar-refractivity contribution in [1.29, 1.82) is 0 Å². The minimum absolute atomic E-state index is 0.587. The minimum Gasteiger partial charge on any atom is -0.327 e. The maximum Gasteiger partial charge on any atom is 0.247 e. The van der Waals surface area contributed by atoms with Gasteiger partial charge < -0.3 is 10.7 Å². The van der Waals surface area contributed by atoms with E-state index >= 15 is 0 Å². The summed E-state index contributed by atoms with van der Waals surface area (Å²) >= 11 is 3.43. The Balaban J connectivity index is 1.96. The molecule has 0 saturated carbocycles. The Morgan fingerprint density at radius 3 is 3.19 bits per heavy atom. The van der Waals surface area contributed by atoms with E-state index in [4.69, 9.17) is 0 Å². The van der Waals surface area contributed by atoms with E-state index in [9.17, 15) is 0 Å². The van der Waals surface area contributed by atoms with E-state index in [1.807, 2.05) is 24.5 Å². The summed E-state index contributed by atoms with van der Waals surface area (Å²) < 4.78 is 2.65. The predicted octanol–water partition coefficient (Wildman–Crippen LogP) is 0.853. The number of hydrogen-bond acceptors (Lipinski definition) is 5. The lowest BCUT2D eigenvalue weighted by atomic mass is 10.5. The number of nitrogens with one attached hydrogen (secondary N) is 3. The van der Waals surface area contributed by atoms with Crippen LogP contribution < -0.4 is 16.2 Å². The Bertz CT molecular complexity index is 560. The average Bonchev–Trinajstić information content (AvgIpc) is 2.88. The van der Waals surface area contributed by atoms with Crippen LogP contribution in [0, 0.1) is 0 Å². The first kappa shape index (κ1) is 9.61. The molecule has 0 spiro atoms. The molecule has 0 atom stereocenters. The van der Waals surface area contributed by atoms with E-state index in [0.717, 1.165) is 22.4 Å². The van der Waals surface area contributed by atoms with Gasteiger partial charge in [0.1, 0.15) is 0 Å². The first-order valence-corrected chi connectivity index (χ1v) is 5.57. The summed E-state index contributed by atoms with van der Waals surface area (Å²) in [6.45, 7) is 0.733. The van der Waals surface area contributed by atoms with Gasteiger partial charge in [0.2, 0.25) is 5.95 Å². The summed E-state index contributed by atoms with van der Waals surface area (Å²) in [7, 11) is 0. The molecule has 0 fully saturated rings. The molecule has 7 heteroatoms. The highest BCUT2D eigenvalue weighted by molar-refractivity contribution is 9.10. The third kappa shape index (κ3) is 1.63. The van der Waals surface area contributed by atoms with Crippen LogP contribution in [0.2, 0.25) is 0 Å². The molecule has 6 nitrogen and oxygen atoms in total. The highest BCUT2D eigenvalue weighted by Gasteiger charge is 2.09. The maximum absolute atomic E-state index is 4.37. The second kappa shape index (κ2) is 3.76. The van der Waals surface area contributed by atoms with Crippen LogP contribution in [0.25, 0.3) is 5.65 Å². The van der Waals surface area contributed by atoms with E-state index in [1.165, 1.54) is 0 Å². The lowest BCUT2D eigenvalue weighted by molar-refractivity contribution is 0.722. The molecule has 0 radical (unpaired) electrons. The summed E-state index contributed by atoms with van der Waals surface area (Å²) in [4.78, 5) is 4.37. The Morgan fingerprint density at radius 1 is 1.50 bits per heavy atom. The van der Waals surface area contributed by atoms with E-state index in [-0.39, 0.29) is 0 Å². The van der Waals surface area contributed by atoms with Gasteiger partial charge in [-0.3, -0.25) is 0 Å². The van der Waals surface area contributed by atoms with Gasteiger partial charge in [-0.1, -0.05) is 0 Å². The quantitative estimate of drug-likeness (QED) is 0.761. The van der Waals surface area contributed by atoms with Crippen molar-refractivity contribution in [3.8, 4) is 0 Å². The highest BCUT2D eigenvalue weighted by Crippen LogP contribution is 2.17. The normalized spacial score (nSPS) is 14.9. The molecule has 2 aromatic heterocycles. The number of nitrogens with zero attached hydrogens (tertiary/aromatic N) is 3. The molecule has 1 aliphatic rings. The first-order chi connectivity index (χ1) is 7.83. The smallest absolute Gasteiger partial charge is 0.247 e. The number of halogens is 1. The lowest BCUT2D eigenvalue weighted by Gasteiger charge is -1.98. The minimum atomic E-state index is 0.587. The second-order valence-corrected chi connectivity index (χ2v) is 4.21. The molecular weight excluding hydrogens is 272 g/mol. The van der Waals surface area contributed by atoms with Crippen LogP contribution in [0.15, 0.2) is 34.7 Å². The molecule has 16 heavy (non-hydrogen) atoms. The van der Waals surface area contributed by atoms with Gasteiger partial charge in [-0.15, -0.1) is 5.10 Å². The zero-order chi connectivity index (χ0) is 11.0. The van der Waals surface area contributed by atoms with Crippen molar-refractivity contribution < 1.29 is 0 Å². The molecule has 0 bridgehead atoms. The molecule has 3 rings (SSSR count). The average molecular weight is 281 g/mol. The zero-order valence-electron chi connectivity index (χ0n) is 8.24. The number of fused-ring (bicyclic) bond motifs is 1. The molecule has 0 aliphatic carbocycles. The van der Waals surface area contributed by atoms with Crippen LogP contribution in [-0.2, 0) is 0 Å². The zero-order valence-corrected chi connectivity index (χ0v) is 9.82. The Morgan fingerprint density at radius 2 is 2.44 bits per heavy atom. The van der Waals surface area contributed by atoms with Crippen LogP contribution >= 0.6 is 15.9 Å². The second-order valence-electron chi connectivity index (χ2n) is 3.35. The van der Waals surface area contributed by atoms with Crippen LogP contribution in [-0.4, -0.2) is 21.1 Å². The molecule has 1 aliphatic heterocycles. The fraction of sp³-hybridized carbons (Fsp3) is 0.111. The summed E-state index contributed by atoms with van der Waals surface area (Å²) in [6, 6.07) is 3.85. The fourth-order valence-corrected chi connectivity index (χ4v) is 1.91. The predicted molar refractivity (Wildman–Crippen MR) is 63.5 cm³/mol. The van der Waals surface area contributed by atoms with Crippen molar-refractivity contribution in [2.24, 2.45) is 0 Å². The molecule has 82 valence electrons. The fourth-order valence-electron chi connectivity index (χ4n) is 1.49. The van der Waals surface area contributed by atoms with Crippen LogP contribution in [0.3, 0.4) is 0 Å². The van der Waals surface area contributed by atoms with Gasteiger partial charge in [0.15, 0.2) is 5.65 Å². The molecule has 0 amide bonds. The van der Waals surface area contributed by atoms with Crippen LogP contribution in [0.1, 0.15) is 0 Å². The van der Waals surface area contributed by atoms with Gasteiger partial charge in [0.25, 0.3) is 0 Å². The van der Waals surface area contributed by atoms with Crippen LogP contribution in [0.5, 0.6) is 0 Å². The number of pyridine rings is 1. The van der Waals surface area contributed by atoms with Crippen molar-refractivity contribution in [3.05, 3.63) is 34.7 Å². The highest BCUT2D eigenvalue weighted by atomic mass is 79.9. The number of aromatic nitrogens is 3. The Kier molecular flexibility index (Phi) is 2.26. The molecule has 3 heterocycles. The van der Waals surface area contributed by atoms with Crippen molar-refractivity contribution in [3.63, 3.8) is 0 Å². The lowest BCUT2D eigenvalue weighted by Crippen LogP contribution is -2.21. The van der Waals surface area contributed by atoms with E-state index in [1.54, 1.807) is 4.52 Å². The molecular formula is C9H9BrN6. The van der Waals surface area contributed by atoms with Gasteiger partial charge >= 0.3 is 0 Å². The summed E-state index contributed by atoms with van der Waals surface area (Å²) in [5.74, 6) is 0.587. The van der Waals surface area contributed by atoms with Crippen molar-refractivity contribution >= 4 is 27.5 Å². The largest absolute Gasteiger partial charge is 0.327 e. The molecule has 3 N–H and O–H groups in total. The van der Waals surface area contributed by atoms with Crippen LogP contribution in [0.4, 0.5) is 5.95 Å². The SMILES string of the molecule is Brc1cccn2nc(NC3=CNNC3)nc12. The van der Waals surface area contributed by atoms with Gasteiger partial charge in [-0.25, -0.2) is 9.94 Å². The molecule has 0 saturated heterocycles. The van der Waals surface area contributed by atoms with E-state index < -0.39 is 0 Å². The third-order valence-electron chi connectivity index (χ3n) is 2.21. The monoisotopic (exact) mass is 280 g/mol. The summed E-state index contributed by atoms with van der Waals surface area (Å²) in [6.07, 6.45) is 3.71. The Hall–Kier alpha value is -1.60. The molecule has 0 unspecified atom stereocenters. The van der Waals surface area contributed by atoms with Gasteiger partial charge in [0.05, 0.1) is 16.7 Å². The van der Waals surface area contributed by atoms with E-state index in [0.29, 0.717) is 5.95 Å². The van der Waals surface area contributed by atoms with Crippen molar-refractivity contribution in [1.82, 2.24) is 25.4 Å². The van der Waals surface area contributed by atoms with E-state index in [2.05, 4.69) is 42.2 Å². The number of hydrazine groups is 1. The third-order valence-corrected chi connectivity index (χ3v) is 2.83. The number of hydrogen-bond donors (Lipinski definition) is 3.